The van der Waals surface area contributed by atoms with Crippen LogP contribution in [0.15, 0.2) is 12.1 Å². The van der Waals surface area contributed by atoms with Crippen LogP contribution in [0.1, 0.15) is 36.2 Å². The molecule has 1 aromatic heterocycles. The Morgan fingerprint density at radius 2 is 1.95 bits per heavy atom. The van der Waals surface area contributed by atoms with Crippen molar-refractivity contribution in [3.8, 4) is 0 Å². The van der Waals surface area contributed by atoms with E-state index in [0.717, 1.165) is 12.1 Å². The lowest BCUT2D eigenvalue weighted by Crippen LogP contribution is -2.14. The second-order valence-electron chi connectivity index (χ2n) is 4.40. The van der Waals surface area contributed by atoms with Crippen molar-refractivity contribution in [2.24, 2.45) is 0 Å². The van der Waals surface area contributed by atoms with Gasteiger partial charge < -0.3 is 5.32 Å². The highest BCUT2D eigenvalue weighted by molar-refractivity contribution is 6.40. The van der Waals surface area contributed by atoms with E-state index < -0.39 is 11.7 Å². The zero-order chi connectivity index (χ0) is 14.9. The molecule has 5 nitrogen and oxygen atoms in total. The van der Waals surface area contributed by atoms with E-state index in [2.05, 4.69) is 20.5 Å². The molecule has 2 N–H and O–H groups in total. The summed E-state index contributed by atoms with van der Waals surface area (Å²) >= 11 is 11.7. The maximum atomic E-state index is 13.0. The summed E-state index contributed by atoms with van der Waals surface area (Å²) in [6, 6.07) is 2.11. The monoisotopic (exact) mass is 316 g/mol. The maximum absolute atomic E-state index is 13.0. The molecule has 0 saturated heterocycles. The van der Waals surface area contributed by atoms with Crippen LogP contribution in [0.2, 0.25) is 10.0 Å². The molecule has 0 radical (unpaired) electrons. The van der Waals surface area contributed by atoms with Crippen LogP contribution >= 0.6 is 23.2 Å². The number of amides is 1. The summed E-state index contributed by atoms with van der Waals surface area (Å²) in [6.45, 7) is 3.83. The standard InChI is InChI=1S/C12H11Cl2FN4O/c1-5(2)10-17-11(19-18-10)12(20)16-9-7(13)3-6(15)4-8(9)14/h3-5H,1-2H3,(H,16,20)(H,17,18,19). The number of hydrogen-bond donors (Lipinski definition) is 2. The van der Waals surface area contributed by atoms with Crippen LogP contribution in [-0.2, 0) is 0 Å². The Kier molecular flexibility index (Phi) is 4.25. The van der Waals surface area contributed by atoms with Gasteiger partial charge in [0.25, 0.3) is 5.91 Å². The molecule has 8 heteroatoms. The Bertz CT molecular complexity index is 634. The van der Waals surface area contributed by atoms with Gasteiger partial charge in [-0.1, -0.05) is 37.0 Å². The number of anilines is 1. The van der Waals surface area contributed by atoms with Crippen molar-refractivity contribution in [2.45, 2.75) is 19.8 Å². The zero-order valence-corrected chi connectivity index (χ0v) is 12.2. The molecule has 0 fully saturated rings. The molecule has 0 aliphatic heterocycles. The van der Waals surface area contributed by atoms with E-state index in [4.69, 9.17) is 23.2 Å². The summed E-state index contributed by atoms with van der Waals surface area (Å²) in [6.07, 6.45) is 0. The van der Waals surface area contributed by atoms with Gasteiger partial charge in [0.05, 0.1) is 15.7 Å². The van der Waals surface area contributed by atoms with Gasteiger partial charge in [-0.2, -0.15) is 0 Å². The lowest BCUT2D eigenvalue weighted by molar-refractivity contribution is 0.101. The minimum absolute atomic E-state index is 0.00275. The molecule has 20 heavy (non-hydrogen) atoms. The quantitative estimate of drug-likeness (QED) is 0.908. The maximum Gasteiger partial charge on any atom is 0.295 e. The highest BCUT2D eigenvalue weighted by Crippen LogP contribution is 2.31. The van der Waals surface area contributed by atoms with Gasteiger partial charge in [0.15, 0.2) is 0 Å². The van der Waals surface area contributed by atoms with Gasteiger partial charge in [-0.25, -0.2) is 9.37 Å². The Hall–Kier alpha value is -1.66. The van der Waals surface area contributed by atoms with E-state index in [0.29, 0.717) is 5.82 Å². The first-order valence-corrected chi connectivity index (χ1v) is 6.52. The molecule has 0 aliphatic rings. The number of carbonyl (C=O) groups is 1. The largest absolute Gasteiger partial charge is 0.317 e. The number of nitrogens with one attached hydrogen (secondary N) is 2. The van der Waals surface area contributed by atoms with Crippen LogP contribution in [0.5, 0.6) is 0 Å². The third-order valence-electron chi connectivity index (χ3n) is 2.50. The second kappa shape index (κ2) is 5.76. The number of aromatic amines is 1. The summed E-state index contributed by atoms with van der Waals surface area (Å²) in [5.74, 6) is -0.500. The van der Waals surface area contributed by atoms with Gasteiger partial charge >= 0.3 is 0 Å². The Morgan fingerprint density at radius 3 is 2.45 bits per heavy atom. The number of nitrogens with zero attached hydrogens (tertiary/aromatic N) is 2. The molecule has 1 amide bonds. The number of carbonyl (C=O) groups excluding carboxylic acids is 1. The van der Waals surface area contributed by atoms with Crippen molar-refractivity contribution >= 4 is 34.8 Å². The van der Waals surface area contributed by atoms with Crippen LogP contribution in [-0.4, -0.2) is 21.1 Å². The SMILES string of the molecule is CC(C)c1nc(C(=O)Nc2c(Cl)cc(F)cc2Cl)n[nH]1. The number of halogens is 3. The van der Waals surface area contributed by atoms with E-state index in [1.807, 2.05) is 13.8 Å². The van der Waals surface area contributed by atoms with Gasteiger partial charge in [-0.05, 0) is 12.1 Å². The topological polar surface area (TPSA) is 70.7 Å². The Morgan fingerprint density at radius 1 is 1.35 bits per heavy atom. The van der Waals surface area contributed by atoms with Crippen molar-refractivity contribution in [1.82, 2.24) is 15.2 Å². The average molecular weight is 317 g/mol. The van der Waals surface area contributed by atoms with Crippen LogP contribution in [0.3, 0.4) is 0 Å². The molecular weight excluding hydrogens is 306 g/mol. The van der Waals surface area contributed by atoms with Crippen molar-refractivity contribution in [2.75, 3.05) is 5.32 Å². The van der Waals surface area contributed by atoms with E-state index in [9.17, 15) is 9.18 Å². The number of benzene rings is 1. The fraction of sp³-hybridized carbons (Fsp3) is 0.250. The van der Waals surface area contributed by atoms with Gasteiger partial charge in [0.1, 0.15) is 11.6 Å². The molecule has 0 saturated carbocycles. The highest BCUT2D eigenvalue weighted by atomic mass is 35.5. The molecule has 1 heterocycles. The van der Waals surface area contributed by atoms with E-state index in [1.54, 1.807) is 0 Å². The van der Waals surface area contributed by atoms with Crippen LogP contribution in [0, 0.1) is 5.82 Å². The number of H-pyrrole nitrogens is 1. The molecule has 106 valence electrons. The second-order valence-corrected chi connectivity index (χ2v) is 5.21. The molecule has 0 atom stereocenters. The molecule has 0 aliphatic carbocycles. The zero-order valence-electron chi connectivity index (χ0n) is 10.7. The van der Waals surface area contributed by atoms with E-state index >= 15 is 0 Å². The van der Waals surface area contributed by atoms with Gasteiger partial charge in [-0.15, -0.1) is 5.10 Å². The molecule has 0 bridgehead atoms. The normalized spacial score (nSPS) is 10.9. The predicted molar refractivity (Wildman–Crippen MR) is 74.8 cm³/mol. The van der Waals surface area contributed by atoms with Crippen LogP contribution in [0.25, 0.3) is 0 Å². The molecule has 0 spiro atoms. The third-order valence-corrected chi connectivity index (χ3v) is 3.09. The summed E-state index contributed by atoms with van der Waals surface area (Å²) in [5, 5.41) is 8.93. The first-order chi connectivity index (χ1) is 9.38. The van der Waals surface area contributed by atoms with Crippen LogP contribution < -0.4 is 5.32 Å². The summed E-state index contributed by atoms with van der Waals surface area (Å²) in [5.41, 5.74) is 0.121. The summed E-state index contributed by atoms with van der Waals surface area (Å²) in [4.78, 5) is 16.0. The smallest absolute Gasteiger partial charge is 0.295 e. The molecular formula is C12H11Cl2FN4O. The number of rotatable bonds is 3. The minimum Gasteiger partial charge on any atom is -0.317 e. The van der Waals surface area contributed by atoms with E-state index in [1.165, 1.54) is 0 Å². The summed E-state index contributed by atoms with van der Waals surface area (Å²) < 4.78 is 13.0. The minimum atomic E-state index is -0.585. The highest BCUT2D eigenvalue weighted by Gasteiger charge is 2.17. The van der Waals surface area contributed by atoms with Crippen LogP contribution in [0.4, 0.5) is 10.1 Å². The van der Waals surface area contributed by atoms with E-state index in [-0.39, 0.29) is 27.5 Å². The molecule has 0 unspecified atom stereocenters. The summed E-state index contributed by atoms with van der Waals surface area (Å²) in [7, 11) is 0. The first kappa shape index (κ1) is 14.7. The third kappa shape index (κ3) is 3.08. The van der Waals surface area contributed by atoms with Gasteiger partial charge in [0, 0.05) is 5.92 Å². The fourth-order valence-corrected chi connectivity index (χ4v) is 2.02. The van der Waals surface area contributed by atoms with Crippen molar-refractivity contribution in [3.05, 3.63) is 39.6 Å². The van der Waals surface area contributed by atoms with Crippen molar-refractivity contribution in [1.29, 1.82) is 0 Å². The van der Waals surface area contributed by atoms with Gasteiger partial charge in [0.2, 0.25) is 5.82 Å². The lowest BCUT2D eigenvalue weighted by atomic mass is 10.2. The van der Waals surface area contributed by atoms with Crippen molar-refractivity contribution in [3.63, 3.8) is 0 Å². The number of aromatic nitrogens is 3. The molecule has 2 aromatic rings. The average Bonchev–Trinajstić information content (AvgIpc) is 2.83. The Labute approximate surface area is 124 Å². The number of hydrogen-bond acceptors (Lipinski definition) is 3. The predicted octanol–water partition coefficient (Wildman–Crippen LogP) is 3.63. The Balaban J connectivity index is 2.23. The fourth-order valence-electron chi connectivity index (χ4n) is 1.47. The first-order valence-electron chi connectivity index (χ1n) is 5.76. The molecule has 2 rings (SSSR count). The van der Waals surface area contributed by atoms with Crippen molar-refractivity contribution < 1.29 is 9.18 Å². The van der Waals surface area contributed by atoms with Gasteiger partial charge in [-0.3, -0.25) is 9.89 Å². The lowest BCUT2D eigenvalue weighted by Gasteiger charge is -2.07. The molecule has 1 aromatic carbocycles.